The van der Waals surface area contributed by atoms with Gasteiger partial charge in [-0.15, -0.1) is 0 Å². The molecule has 1 saturated carbocycles. The van der Waals surface area contributed by atoms with Crippen LogP contribution in [0.25, 0.3) is 0 Å². The molecule has 9 nitrogen and oxygen atoms in total. The lowest BCUT2D eigenvalue weighted by Crippen LogP contribution is -2.26. The van der Waals surface area contributed by atoms with Crippen molar-refractivity contribution in [2.24, 2.45) is 0 Å². The number of aromatic nitrogens is 4. The van der Waals surface area contributed by atoms with E-state index in [9.17, 15) is 17.9 Å². The fourth-order valence-electron chi connectivity index (χ4n) is 4.75. The lowest BCUT2D eigenvalue weighted by atomic mass is 9.98. The van der Waals surface area contributed by atoms with Crippen molar-refractivity contribution in [3.63, 3.8) is 0 Å². The Morgan fingerprint density at radius 2 is 2.09 bits per heavy atom. The van der Waals surface area contributed by atoms with E-state index < -0.39 is 21.4 Å². The van der Waals surface area contributed by atoms with Crippen molar-refractivity contribution in [3.8, 4) is 0 Å². The first kappa shape index (κ1) is 22.1. The van der Waals surface area contributed by atoms with E-state index in [-0.39, 0.29) is 22.7 Å². The first-order valence-electron chi connectivity index (χ1n) is 11.0. The van der Waals surface area contributed by atoms with E-state index in [2.05, 4.69) is 25.3 Å². The molecule has 11 heteroatoms. The van der Waals surface area contributed by atoms with Gasteiger partial charge in [0.2, 0.25) is 10.0 Å². The van der Waals surface area contributed by atoms with Crippen LogP contribution in [0.1, 0.15) is 61.8 Å². The molecule has 0 radical (unpaired) electrons. The average Bonchev–Trinajstić information content (AvgIpc) is 3.50. The van der Waals surface area contributed by atoms with E-state index in [1.807, 2.05) is 18.5 Å². The van der Waals surface area contributed by atoms with Crippen LogP contribution in [0.2, 0.25) is 0 Å². The zero-order valence-corrected chi connectivity index (χ0v) is 19.3. The average molecular weight is 475 g/mol. The minimum atomic E-state index is -3.62. The van der Waals surface area contributed by atoms with Crippen LogP contribution in [0.3, 0.4) is 0 Å². The van der Waals surface area contributed by atoms with Gasteiger partial charge in [0.05, 0.1) is 28.9 Å². The largest absolute Gasteiger partial charge is 0.389 e. The van der Waals surface area contributed by atoms with Crippen LogP contribution in [0, 0.1) is 5.82 Å². The highest BCUT2D eigenvalue weighted by atomic mass is 32.2. The molecule has 4 N–H and O–H groups in total. The number of hydrogen-bond acceptors (Lipinski definition) is 6. The van der Waals surface area contributed by atoms with Crippen LogP contribution in [-0.2, 0) is 23.1 Å². The van der Waals surface area contributed by atoms with Crippen LogP contribution in [0.15, 0.2) is 35.5 Å². The Bertz CT molecular complexity index is 1290. The van der Waals surface area contributed by atoms with Crippen molar-refractivity contribution in [1.82, 2.24) is 24.7 Å². The van der Waals surface area contributed by atoms with Crippen molar-refractivity contribution in [2.75, 3.05) is 5.32 Å². The zero-order valence-electron chi connectivity index (χ0n) is 18.5. The van der Waals surface area contributed by atoms with Crippen molar-refractivity contribution >= 4 is 21.5 Å². The van der Waals surface area contributed by atoms with E-state index in [4.69, 9.17) is 0 Å². The molecule has 1 aliphatic carbocycles. The van der Waals surface area contributed by atoms with E-state index >= 15 is 0 Å². The van der Waals surface area contributed by atoms with Gasteiger partial charge in [0.25, 0.3) is 0 Å². The molecule has 0 bridgehead atoms. The van der Waals surface area contributed by atoms with Gasteiger partial charge in [-0.25, -0.2) is 17.5 Å². The number of halogens is 1. The molecule has 1 aromatic carbocycles. The second-order valence-corrected chi connectivity index (χ2v) is 11.3. The highest BCUT2D eigenvalue weighted by Crippen LogP contribution is 2.43. The quantitative estimate of drug-likeness (QED) is 0.435. The third-order valence-electron chi connectivity index (χ3n) is 6.34. The van der Waals surface area contributed by atoms with Crippen molar-refractivity contribution < 1.29 is 17.9 Å². The minimum absolute atomic E-state index is 0.0175. The fourth-order valence-corrected chi connectivity index (χ4v) is 5.97. The van der Waals surface area contributed by atoms with Gasteiger partial charge in [0, 0.05) is 36.0 Å². The predicted molar refractivity (Wildman–Crippen MR) is 120 cm³/mol. The highest BCUT2D eigenvalue weighted by Gasteiger charge is 2.31. The number of anilines is 2. The molecular weight excluding hydrogens is 447 g/mol. The summed E-state index contributed by atoms with van der Waals surface area (Å²) in [5, 5.41) is 24.7. The van der Waals surface area contributed by atoms with E-state index in [0.29, 0.717) is 24.2 Å². The molecule has 176 valence electrons. The SMILES string of the molecule is CC(C)(O)Cn1cc(C2CCC(c3cc(Nc4ccc5c(c4F)CNS5(=O)=O)n[nH]3)C2)cn1. The third kappa shape index (κ3) is 4.40. The van der Waals surface area contributed by atoms with Gasteiger partial charge in [-0.2, -0.15) is 10.2 Å². The lowest BCUT2D eigenvalue weighted by molar-refractivity contribution is 0.0577. The Labute approximate surface area is 191 Å². The van der Waals surface area contributed by atoms with Crippen LogP contribution in [0.5, 0.6) is 0 Å². The zero-order chi connectivity index (χ0) is 23.4. The van der Waals surface area contributed by atoms with Gasteiger partial charge in [0.1, 0.15) is 0 Å². The minimum Gasteiger partial charge on any atom is -0.389 e. The number of aliphatic hydroxyl groups is 1. The summed E-state index contributed by atoms with van der Waals surface area (Å²) in [7, 11) is -3.62. The van der Waals surface area contributed by atoms with Gasteiger partial charge in [-0.1, -0.05) is 0 Å². The maximum absolute atomic E-state index is 14.8. The number of H-pyrrole nitrogens is 1. The van der Waals surface area contributed by atoms with E-state index in [1.54, 1.807) is 18.5 Å². The highest BCUT2D eigenvalue weighted by molar-refractivity contribution is 7.89. The molecule has 0 spiro atoms. The molecule has 2 aromatic heterocycles. The summed E-state index contributed by atoms with van der Waals surface area (Å²) < 4.78 is 42.7. The number of aromatic amines is 1. The molecule has 1 aliphatic heterocycles. The summed E-state index contributed by atoms with van der Waals surface area (Å²) in [6, 6.07) is 4.71. The molecule has 1 fully saturated rings. The number of rotatable bonds is 6. The smallest absolute Gasteiger partial charge is 0.241 e. The number of hydrogen-bond donors (Lipinski definition) is 4. The summed E-state index contributed by atoms with van der Waals surface area (Å²) in [6.45, 7) is 3.91. The van der Waals surface area contributed by atoms with Gasteiger partial charge in [0.15, 0.2) is 11.6 Å². The number of sulfonamides is 1. The van der Waals surface area contributed by atoms with E-state index in [1.165, 1.54) is 17.7 Å². The Balaban J connectivity index is 1.26. The Morgan fingerprint density at radius 3 is 2.88 bits per heavy atom. The molecule has 0 saturated heterocycles. The molecule has 2 aliphatic rings. The summed E-state index contributed by atoms with van der Waals surface area (Å²) in [4.78, 5) is -0.0175. The number of benzene rings is 1. The second kappa shape index (κ2) is 7.93. The van der Waals surface area contributed by atoms with Crippen molar-refractivity contribution in [3.05, 3.63) is 53.2 Å². The predicted octanol–water partition coefficient (Wildman–Crippen LogP) is 3.10. The number of fused-ring (bicyclic) bond motifs is 1. The molecule has 0 amide bonds. The first-order valence-corrected chi connectivity index (χ1v) is 12.5. The number of nitrogens with one attached hydrogen (secondary N) is 3. The van der Waals surface area contributed by atoms with Crippen LogP contribution < -0.4 is 10.0 Å². The van der Waals surface area contributed by atoms with Gasteiger partial charge in [-0.05, 0) is 56.7 Å². The van der Waals surface area contributed by atoms with Crippen LogP contribution in [-0.4, -0.2) is 39.1 Å². The molecule has 33 heavy (non-hydrogen) atoms. The Hall–Kier alpha value is -2.76. The van der Waals surface area contributed by atoms with Gasteiger partial charge < -0.3 is 10.4 Å². The third-order valence-corrected chi connectivity index (χ3v) is 7.82. The molecular formula is C22H27FN6O3S. The molecule has 3 heterocycles. The van der Waals surface area contributed by atoms with Crippen LogP contribution >= 0.6 is 0 Å². The van der Waals surface area contributed by atoms with Gasteiger partial charge >= 0.3 is 0 Å². The Morgan fingerprint density at radius 1 is 1.30 bits per heavy atom. The standard InChI is InChI=1S/C22H27FN6O3S/c1-22(2,30)12-29-11-15(9-24-29)13-3-4-14(7-13)18-8-20(28-27-18)26-17-5-6-19-16(21(17)23)10-25-33(19,31)32/h5-6,8-9,11,13-14,25,30H,3-4,7,10,12H2,1-2H3,(H2,26,27,28). The van der Waals surface area contributed by atoms with E-state index in [0.717, 1.165) is 25.0 Å². The fraction of sp³-hybridized carbons (Fsp3) is 0.455. The van der Waals surface area contributed by atoms with Crippen LogP contribution in [0.4, 0.5) is 15.9 Å². The maximum atomic E-state index is 14.8. The first-order chi connectivity index (χ1) is 15.6. The molecule has 5 rings (SSSR count). The molecule has 2 unspecified atom stereocenters. The summed E-state index contributed by atoms with van der Waals surface area (Å²) in [5.41, 5.74) is 1.66. The monoisotopic (exact) mass is 474 g/mol. The molecule has 3 aromatic rings. The topological polar surface area (TPSA) is 125 Å². The summed E-state index contributed by atoms with van der Waals surface area (Å²) in [5.74, 6) is 0.581. The van der Waals surface area contributed by atoms with Crippen molar-refractivity contribution in [2.45, 2.75) is 68.5 Å². The normalized spacial score (nSPS) is 21.9. The second-order valence-electron chi connectivity index (χ2n) is 9.55. The summed E-state index contributed by atoms with van der Waals surface area (Å²) >= 11 is 0. The Kier molecular flexibility index (Phi) is 5.30. The van der Waals surface area contributed by atoms with Crippen molar-refractivity contribution in [1.29, 1.82) is 0 Å². The molecule has 2 atom stereocenters. The van der Waals surface area contributed by atoms with Gasteiger partial charge in [-0.3, -0.25) is 9.78 Å². The number of nitrogens with zero attached hydrogens (tertiary/aromatic N) is 3. The lowest BCUT2D eigenvalue weighted by Gasteiger charge is -2.16. The summed E-state index contributed by atoms with van der Waals surface area (Å²) in [6.07, 6.45) is 6.87. The maximum Gasteiger partial charge on any atom is 0.241 e.